The molecule has 0 aromatic carbocycles. The number of ether oxygens (including phenoxy) is 1. The van der Waals surface area contributed by atoms with Crippen molar-refractivity contribution >= 4 is 5.78 Å². The Morgan fingerprint density at radius 3 is 2.64 bits per heavy atom. The zero-order valence-corrected chi connectivity index (χ0v) is 12.1. The van der Waals surface area contributed by atoms with Crippen LogP contribution >= 0.6 is 0 Å². The minimum Gasteiger partial charge on any atom is -0.381 e. The molecule has 4 nitrogen and oxygen atoms in total. The van der Waals surface area contributed by atoms with E-state index in [1.54, 1.807) is 19.1 Å². The molecule has 0 aliphatic carbocycles. The van der Waals surface area contributed by atoms with Crippen LogP contribution in [0.25, 0.3) is 0 Å². The number of hydrogen-bond acceptors (Lipinski definition) is 3. The third-order valence-corrected chi connectivity index (χ3v) is 3.41. The average molecular weight is 314 g/mol. The lowest BCUT2D eigenvalue weighted by atomic mass is 10.1. The van der Waals surface area contributed by atoms with Crippen LogP contribution in [0.3, 0.4) is 0 Å². The van der Waals surface area contributed by atoms with Crippen molar-refractivity contribution in [1.82, 2.24) is 9.55 Å². The standard InChI is InChI=1S/C15H17F3N2O2/c1-2-3-4-5-13(21)12-10-19-14(15(16,17)18)20(12)11-6-8-22-9-7-11/h2-5,10-11H,6-9H2,1H3/b3-2+,5-4+. The highest BCUT2D eigenvalue weighted by Crippen LogP contribution is 2.34. The third-order valence-electron chi connectivity index (χ3n) is 3.41. The molecule has 1 saturated heterocycles. The number of rotatable bonds is 4. The molecule has 120 valence electrons. The highest BCUT2D eigenvalue weighted by molar-refractivity contribution is 6.03. The van der Waals surface area contributed by atoms with Crippen LogP contribution in [0, 0.1) is 0 Å². The minimum atomic E-state index is -4.59. The maximum Gasteiger partial charge on any atom is 0.449 e. The number of alkyl halides is 3. The van der Waals surface area contributed by atoms with Crippen molar-refractivity contribution in [1.29, 1.82) is 0 Å². The third kappa shape index (κ3) is 3.65. The van der Waals surface area contributed by atoms with E-state index in [2.05, 4.69) is 4.98 Å². The van der Waals surface area contributed by atoms with Crippen LogP contribution in [0.4, 0.5) is 13.2 Å². The van der Waals surface area contributed by atoms with Crippen molar-refractivity contribution in [2.45, 2.75) is 32.0 Å². The molecule has 0 unspecified atom stereocenters. The van der Waals surface area contributed by atoms with E-state index in [9.17, 15) is 18.0 Å². The fourth-order valence-corrected chi connectivity index (χ4v) is 2.41. The first-order valence-electron chi connectivity index (χ1n) is 7.01. The van der Waals surface area contributed by atoms with E-state index < -0.39 is 23.8 Å². The molecule has 0 N–H and O–H groups in total. The van der Waals surface area contributed by atoms with Gasteiger partial charge in [0, 0.05) is 19.3 Å². The van der Waals surface area contributed by atoms with Gasteiger partial charge in [0.2, 0.25) is 11.6 Å². The summed E-state index contributed by atoms with van der Waals surface area (Å²) in [5.41, 5.74) is -0.0417. The highest BCUT2D eigenvalue weighted by Gasteiger charge is 2.40. The van der Waals surface area contributed by atoms with E-state index in [1.807, 2.05) is 0 Å². The molecule has 1 aliphatic rings. The van der Waals surface area contributed by atoms with E-state index in [0.29, 0.717) is 26.1 Å². The summed E-state index contributed by atoms with van der Waals surface area (Å²) in [5.74, 6) is -1.52. The molecule has 0 atom stereocenters. The van der Waals surface area contributed by atoms with Gasteiger partial charge in [-0.1, -0.05) is 18.2 Å². The molecular weight excluding hydrogens is 297 g/mol. The van der Waals surface area contributed by atoms with Gasteiger partial charge in [0.15, 0.2) is 0 Å². The van der Waals surface area contributed by atoms with Crippen molar-refractivity contribution in [3.63, 3.8) is 0 Å². The predicted octanol–water partition coefficient (Wildman–Crippen LogP) is 3.57. The predicted molar refractivity (Wildman–Crippen MR) is 74.6 cm³/mol. The normalized spacial score (nSPS) is 17.6. The van der Waals surface area contributed by atoms with Crippen LogP contribution in [0.5, 0.6) is 0 Å². The van der Waals surface area contributed by atoms with E-state index >= 15 is 0 Å². The van der Waals surface area contributed by atoms with Crippen LogP contribution in [0.2, 0.25) is 0 Å². The largest absolute Gasteiger partial charge is 0.449 e. The van der Waals surface area contributed by atoms with Crippen molar-refractivity contribution in [2.24, 2.45) is 0 Å². The molecule has 1 aromatic heterocycles. The maximum absolute atomic E-state index is 13.1. The summed E-state index contributed by atoms with van der Waals surface area (Å²) >= 11 is 0. The van der Waals surface area contributed by atoms with E-state index in [0.717, 1.165) is 10.8 Å². The van der Waals surface area contributed by atoms with Crippen LogP contribution in [-0.2, 0) is 10.9 Å². The second-order valence-corrected chi connectivity index (χ2v) is 4.93. The molecule has 0 bridgehead atoms. The summed E-state index contributed by atoms with van der Waals surface area (Å²) in [6, 6.07) is -0.429. The number of allylic oxidation sites excluding steroid dienone is 4. The summed E-state index contributed by atoms with van der Waals surface area (Å²) < 4.78 is 45.6. The van der Waals surface area contributed by atoms with Gasteiger partial charge in [-0.3, -0.25) is 4.79 Å². The zero-order valence-electron chi connectivity index (χ0n) is 12.1. The van der Waals surface area contributed by atoms with Gasteiger partial charge < -0.3 is 9.30 Å². The SMILES string of the molecule is C/C=C/C=C/C(=O)c1cnc(C(F)(F)F)n1C1CCOCC1. The summed E-state index contributed by atoms with van der Waals surface area (Å²) in [6.45, 7) is 2.53. The van der Waals surface area contributed by atoms with Gasteiger partial charge in [-0.15, -0.1) is 0 Å². The molecule has 1 aromatic rings. The summed E-state index contributed by atoms with van der Waals surface area (Å²) in [4.78, 5) is 15.6. The summed E-state index contributed by atoms with van der Waals surface area (Å²) in [7, 11) is 0. The Labute approximate surface area is 126 Å². The molecule has 1 aliphatic heterocycles. The molecule has 7 heteroatoms. The maximum atomic E-state index is 13.1. The van der Waals surface area contributed by atoms with Gasteiger partial charge in [-0.25, -0.2) is 4.98 Å². The van der Waals surface area contributed by atoms with Crippen LogP contribution < -0.4 is 0 Å². The van der Waals surface area contributed by atoms with Gasteiger partial charge in [-0.05, 0) is 25.8 Å². The van der Waals surface area contributed by atoms with Crippen molar-refractivity contribution in [3.8, 4) is 0 Å². The first kappa shape index (κ1) is 16.5. The summed E-state index contributed by atoms with van der Waals surface area (Å²) in [5, 5.41) is 0. The smallest absolute Gasteiger partial charge is 0.381 e. The number of carbonyl (C=O) groups excluding carboxylic acids is 1. The quantitative estimate of drug-likeness (QED) is 0.485. The van der Waals surface area contributed by atoms with Gasteiger partial charge in [0.05, 0.1) is 6.20 Å². The van der Waals surface area contributed by atoms with Gasteiger partial charge in [-0.2, -0.15) is 13.2 Å². The van der Waals surface area contributed by atoms with E-state index in [-0.39, 0.29) is 5.69 Å². The van der Waals surface area contributed by atoms with Crippen molar-refractivity contribution in [2.75, 3.05) is 13.2 Å². The number of hydrogen-bond donors (Lipinski definition) is 0. The lowest BCUT2D eigenvalue weighted by Gasteiger charge is -2.26. The molecule has 2 rings (SSSR count). The summed E-state index contributed by atoms with van der Waals surface area (Å²) in [6.07, 6.45) is 3.36. The Balaban J connectivity index is 2.41. The molecule has 0 amide bonds. The number of carbonyl (C=O) groups is 1. The monoisotopic (exact) mass is 314 g/mol. The van der Waals surface area contributed by atoms with Crippen molar-refractivity contribution in [3.05, 3.63) is 42.0 Å². The van der Waals surface area contributed by atoms with Crippen LogP contribution in [0.1, 0.15) is 42.1 Å². The Morgan fingerprint density at radius 1 is 1.36 bits per heavy atom. The molecule has 22 heavy (non-hydrogen) atoms. The lowest BCUT2D eigenvalue weighted by molar-refractivity contribution is -0.148. The van der Waals surface area contributed by atoms with E-state index in [4.69, 9.17) is 4.74 Å². The topological polar surface area (TPSA) is 44.1 Å². The Hall–Kier alpha value is -1.89. The van der Waals surface area contributed by atoms with E-state index in [1.165, 1.54) is 12.2 Å². The molecule has 0 spiro atoms. The van der Waals surface area contributed by atoms with Gasteiger partial charge in [0.25, 0.3) is 0 Å². The van der Waals surface area contributed by atoms with Crippen LogP contribution in [-0.4, -0.2) is 28.5 Å². The molecule has 1 fully saturated rings. The average Bonchev–Trinajstić information content (AvgIpc) is 2.93. The zero-order chi connectivity index (χ0) is 16.2. The van der Waals surface area contributed by atoms with Gasteiger partial charge >= 0.3 is 6.18 Å². The fourth-order valence-electron chi connectivity index (χ4n) is 2.41. The molecule has 2 heterocycles. The van der Waals surface area contributed by atoms with Gasteiger partial charge in [0.1, 0.15) is 5.69 Å². The Morgan fingerprint density at radius 2 is 2.05 bits per heavy atom. The number of halogens is 3. The Kier molecular flexibility index (Phi) is 5.18. The molecule has 0 radical (unpaired) electrons. The van der Waals surface area contributed by atoms with Crippen LogP contribution in [0.15, 0.2) is 30.5 Å². The lowest BCUT2D eigenvalue weighted by Crippen LogP contribution is -2.26. The number of ketones is 1. The highest BCUT2D eigenvalue weighted by atomic mass is 19.4. The van der Waals surface area contributed by atoms with Crippen molar-refractivity contribution < 1.29 is 22.7 Å². The molecule has 0 saturated carbocycles. The first-order chi connectivity index (χ1) is 10.4. The number of aromatic nitrogens is 2. The molecular formula is C15H17F3N2O2. The first-order valence-corrected chi connectivity index (χ1v) is 7.01. The minimum absolute atomic E-state index is 0.0417. The second-order valence-electron chi connectivity index (χ2n) is 4.93. The Bertz CT molecular complexity index is 582. The number of nitrogens with zero attached hydrogens (tertiary/aromatic N) is 2. The number of imidazole rings is 1. The fraction of sp³-hybridized carbons (Fsp3) is 0.467. The second kappa shape index (κ2) is 6.91.